The number of piperazine rings is 1. The second-order valence-electron chi connectivity index (χ2n) is 7.77. The maximum Gasteiger partial charge on any atom is 0.227 e. The molecule has 2 amide bonds. The number of hydrogen-bond donors (Lipinski definition) is 0. The largest absolute Gasteiger partial charge is 0.755 e. The monoisotopic (exact) mass is 421 g/mol. The Kier molecular flexibility index (Phi) is 7.26. The van der Waals surface area contributed by atoms with Crippen molar-refractivity contribution < 1.29 is 18.4 Å². The predicted molar refractivity (Wildman–Crippen MR) is 111 cm³/mol. The molecule has 2 atom stereocenters. The summed E-state index contributed by atoms with van der Waals surface area (Å²) in [6.45, 7) is 6.09. The molecule has 160 valence electrons. The van der Waals surface area contributed by atoms with E-state index in [0.29, 0.717) is 25.3 Å². The van der Waals surface area contributed by atoms with Crippen LogP contribution in [0.5, 0.6) is 0 Å². The molecule has 8 nitrogen and oxygen atoms in total. The lowest BCUT2D eigenvalue weighted by Gasteiger charge is -2.42. The van der Waals surface area contributed by atoms with Gasteiger partial charge in [0, 0.05) is 57.1 Å². The van der Waals surface area contributed by atoms with E-state index in [1.54, 1.807) is 25.1 Å². The first-order valence-corrected chi connectivity index (χ1v) is 11.1. The molecule has 1 aromatic carbocycles. The Morgan fingerprint density at radius 2 is 1.93 bits per heavy atom. The van der Waals surface area contributed by atoms with Gasteiger partial charge < -0.3 is 23.6 Å². The molecule has 1 aromatic rings. The van der Waals surface area contributed by atoms with E-state index in [1.807, 2.05) is 15.9 Å². The molecule has 2 aliphatic heterocycles. The Labute approximate surface area is 174 Å². The third-order valence-corrected chi connectivity index (χ3v) is 6.43. The van der Waals surface area contributed by atoms with Crippen LogP contribution in [0.3, 0.4) is 0 Å². The summed E-state index contributed by atoms with van der Waals surface area (Å²) in [7, 11) is 1.47. The van der Waals surface area contributed by atoms with Crippen molar-refractivity contribution in [2.75, 3.05) is 50.6 Å². The molecule has 0 radical (unpaired) electrons. The van der Waals surface area contributed by atoms with E-state index in [0.717, 1.165) is 29.5 Å². The van der Waals surface area contributed by atoms with E-state index in [9.17, 15) is 18.4 Å². The van der Waals surface area contributed by atoms with Gasteiger partial charge in [-0.05, 0) is 43.6 Å². The van der Waals surface area contributed by atoms with Gasteiger partial charge in [-0.1, -0.05) is 12.1 Å². The fraction of sp³-hybridized carbons (Fsp3) is 0.600. The lowest BCUT2D eigenvalue weighted by atomic mass is 10.1. The molecule has 1 unspecified atom stereocenters. The highest BCUT2D eigenvalue weighted by Crippen LogP contribution is 2.19. The van der Waals surface area contributed by atoms with Crippen LogP contribution in [0.1, 0.15) is 25.3 Å². The zero-order valence-electron chi connectivity index (χ0n) is 17.1. The second kappa shape index (κ2) is 9.69. The lowest BCUT2D eigenvalue weighted by molar-refractivity contribution is -0.142. The number of anilines is 1. The van der Waals surface area contributed by atoms with E-state index in [1.165, 1.54) is 19.9 Å². The molecule has 2 aliphatic rings. The minimum absolute atomic E-state index is 0.0143. The minimum atomic E-state index is -2.36. The maximum absolute atomic E-state index is 13.1. The summed E-state index contributed by atoms with van der Waals surface area (Å²) >= 11 is -2.36. The summed E-state index contributed by atoms with van der Waals surface area (Å²) < 4.78 is 23.5. The number of hydrogen-bond acceptors (Lipinski definition) is 5. The first kappa shape index (κ1) is 21.7. The van der Waals surface area contributed by atoms with Gasteiger partial charge in [0.15, 0.2) is 0 Å². The van der Waals surface area contributed by atoms with Crippen molar-refractivity contribution in [1.82, 2.24) is 14.7 Å². The van der Waals surface area contributed by atoms with Gasteiger partial charge in [0.1, 0.15) is 0 Å². The van der Waals surface area contributed by atoms with Crippen LogP contribution in [0.4, 0.5) is 5.69 Å². The second-order valence-corrected chi connectivity index (χ2v) is 8.76. The molecule has 29 heavy (non-hydrogen) atoms. The number of nitrogens with zero attached hydrogens (tertiary/aromatic N) is 4. The van der Waals surface area contributed by atoms with E-state index in [-0.39, 0.29) is 24.3 Å². The predicted octanol–water partition coefficient (Wildman–Crippen LogP) is 0.615. The van der Waals surface area contributed by atoms with Gasteiger partial charge in [-0.25, -0.2) is 0 Å². The Morgan fingerprint density at radius 1 is 1.21 bits per heavy atom. The Morgan fingerprint density at radius 3 is 2.59 bits per heavy atom. The van der Waals surface area contributed by atoms with E-state index in [2.05, 4.69) is 4.90 Å². The Bertz CT molecular complexity index is 769. The van der Waals surface area contributed by atoms with Crippen molar-refractivity contribution in [2.45, 2.75) is 32.2 Å². The third kappa shape index (κ3) is 5.55. The van der Waals surface area contributed by atoms with Crippen LogP contribution in [0.25, 0.3) is 0 Å². The fourth-order valence-corrected chi connectivity index (χ4v) is 4.40. The minimum Gasteiger partial charge on any atom is -0.755 e. The summed E-state index contributed by atoms with van der Waals surface area (Å²) in [5.74, 6) is 0.0605. The van der Waals surface area contributed by atoms with E-state index in [4.69, 9.17) is 0 Å². The zero-order valence-corrected chi connectivity index (χ0v) is 17.9. The molecular weight excluding hydrogens is 392 g/mol. The molecule has 0 aliphatic carbocycles. The van der Waals surface area contributed by atoms with Gasteiger partial charge in [0.25, 0.3) is 0 Å². The molecule has 2 saturated heterocycles. The van der Waals surface area contributed by atoms with Crippen molar-refractivity contribution in [3.63, 3.8) is 0 Å². The third-order valence-electron chi connectivity index (χ3n) is 5.77. The van der Waals surface area contributed by atoms with Gasteiger partial charge in [0.05, 0.1) is 12.5 Å². The highest BCUT2D eigenvalue weighted by Gasteiger charge is 2.33. The van der Waals surface area contributed by atoms with Crippen LogP contribution in [-0.4, -0.2) is 87.6 Å². The molecule has 0 aromatic heterocycles. The van der Waals surface area contributed by atoms with Gasteiger partial charge in [-0.15, -0.1) is 0 Å². The molecule has 0 N–H and O–H groups in total. The normalized spacial score (nSPS) is 21.3. The number of benzene rings is 1. The average Bonchev–Trinajstić information content (AvgIpc) is 3.20. The smallest absolute Gasteiger partial charge is 0.227 e. The van der Waals surface area contributed by atoms with Crippen molar-refractivity contribution in [1.29, 1.82) is 0 Å². The molecule has 2 fully saturated rings. The highest BCUT2D eigenvalue weighted by atomic mass is 32.2. The van der Waals surface area contributed by atoms with Gasteiger partial charge >= 0.3 is 0 Å². The van der Waals surface area contributed by atoms with Crippen LogP contribution in [0.15, 0.2) is 24.3 Å². The van der Waals surface area contributed by atoms with Crippen LogP contribution >= 0.6 is 0 Å². The fourth-order valence-electron chi connectivity index (χ4n) is 4.11. The molecule has 0 bridgehead atoms. The average molecular weight is 422 g/mol. The van der Waals surface area contributed by atoms with Gasteiger partial charge in [-0.3, -0.25) is 13.8 Å². The van der Waals surface area contributed by atoms with Crippen molar-refractivity contribution >= 4 is 28.8 Å². The zero-order chi connectivity index (χ0) is 21.0. The topological polar surface area (TPSA) is 87.2 Å². The maximum atomic E-state index is 13.1. The van der Waals surface area contributed by atoms with Crippen LogP contribution < -0.4 is 4.31 Å². The summed E-state index contributed by atoms with van der Waals surface area (Å²) in [6.07, 6.45) is 2.57. The molecule has 9 heteroatoms. The number of likely N-dealkylation sites (tertiary alicyclic amines) is 1. The molecule has 2 heterocycles. The first-order valence-electron chi connectivity index (χ1n) is 10.0. The van der Waals surface area contributed by atoms with E-state index < -0.39 is 11.3 Å². The summed E-state index contributed by atoms with van der Waals surface area (Å²) in [6, 6.07) is 7.01. The number of rotatable bonds is 6. The molecule has 3 rings (SSSR count). The summed E-state index contributed by atoms with van der Waals surface area (Å²) in [5.41, 5.74) is 1.30. The van der Waals surface area contributed by atoms with Crippen molar-refractivity contribution in [3.05, 3.63) is 29.8 Å². The van der Waals surface area contributed by atoms with Crippen molar-refractivity contribution in [2.24, 2.45) is 0 Å². The molecule has 0 saturated carbocycles. The Balaban J connectivity index is 1.71. The quantitative estimate of drug-likeness (QED) is 0.629. The SMILES string of the molecule is CC(=O)N1CCN(C(=O)Cc2cccc(N(C)S(=O)[O-])c2)[C@H](CN2CCCC2)C1. The molecular formula is C20H29N4O4S-. The van der Waals surface area contributed by atoms with Crippen molar-refractivity contribution in [3.8, 4) is 0 Å². The first-order chi connectivity index (χ1) is 13.8. The molecule has 0 spiro atoms. The highest BCUT2D eigenvalue weighted by molar-refractivity contribution is 7.80. The summed E-state index contributed by atoms with van der Waals surface area (Å²) in [5, 5.41) is 0. The standard InChI is InChI=1S/C20H30N4O4S/c1-16(25)23-10-11-24(19(15-23)14-22-8-3-4-9-22)20(26)13-17-6-5-7-18(12-17)21(2)29(27)28/h5-7,12,19H,3-4,8-11,13-15H2,1-2H3,(H,27,28)/p-1/t19-/m1/s1. The lowest BCUT2D eigenvalue weighted by Crippen LogP contribution is -2.59. The number of carbonyl (C=O) groups is 2. The number of amides is 2. The Hall–Kier alpha value is -1.97. The van der Waals surface area contributed by atoms with E-state index >= 15 is 0 Å². The number of carbonyl (C=O) groups excluding carboxylic acids is 2. The van der Waals surface area contributed by atoms with Crippen LogP contribution in [0.2, 0.25) is 0 Å². The van der Waals surface area contributed by atoms with Crippen LogP contribution in [0, 0.1) is 0 Å². The van der Waals surface area contributed by atoms with Gasteiger partial charge in [0.2, 0.25) is 11.8 Å². The van der Waals surface area contributed by atoms with Crippen LogP contribution in [-0.2, 0) is 27.3 Å². The van der Waals surface area contributed by atoms with Gasteiger partial charge in [-0.2, -0.15) is 0 Å². The summed E-state index contributed by atoms with van der Waals surface area (Å²) in [4.78, 5) is 31.1.